The van der Waals surface area contributed by atoms with Gasteiger partial charge in [-0.25, -0.2) is 23.7 Å². The summed E-state index contributed by atoms with van der Waals surface area (Å²) in [5, 5.41) is 0. The summed E-state index contributed by atoms with van der Waals surface area (Å²) in [7, 11) is 1.55. The maximum Gasteiger partial charge on any atom is 0.207 e. The van der Waals surface area contributed by atoms with Crippen LogP contribution in [0.3, 0.4) is 0 Å². The van der Waals surface area contributed by atoms with Crippen LogP contribution >= 0.6 is 0 Å². The number of nitrogens with zero attached hydrogens (tertiary/aromatic N) is 5. The molecule has 1 fully saturated rings. The van der Waals surface area contributed by atoms with Crippen LogP contribution < -0.4 is 15.4 Å². The van der Waals surface area contributed by atoms with Crippen LogP contribution in [0.15, 0.2) is 30.6 Å². The van der Waals surface area contributed by atoms with Gasteiger partial charge in [0.25, 0.3) is 0 Å². The van der Waals surface area contributed by atoms with E-state index in [9.17, 15) is 8.78 Å². The van der Waals surface area contributed by atoms with Crippen LogP contribution in [0.25, 0.3) is 11.0 Å². The summed E-state index contributed by atoms with van der Waals surface area (Å²) in [4.78, 5) is 15.1. The Morgan fingerprint density at radius 2 is 2.07 bits per heavy atom. The number of halogens is 2. The summed E-state index contributed by atoms with van der Waals surface area (Å²) >= 11 is 0. The first-order chi connectivity index (χ1) is 13.0. The second-order valence-electron chi connectivity index (χ2n) is 6.58. The van der Waals surface area contributed by atoms with Crippen LogP contribution in [0, 0.1) is 5.82 Å². The fourth-order valence-electron chi connectivity index (χ4n) is 3.29. The first kappa shape index (κ1) is 17.6. The molecule has 9 heteroatoms. The van der Waals surface area contributed by atoms with Crippen molar-refractivity contribution >= 4 is 17.0 Å². The number of rotatable bonds is 4. The highest BCUT2D eigenvalue weighted by Crippen LogP contribution is 2.27. The van der Waals surface area contributed by atoms with Gasteiger partial charge in [0.05, 0.1) is 43.1 Å². The molecule has 1 unspecified atom stereocenters. The average Bonchev–Trinajstić information content (AvgIpc) is 3.02. The Morgan fingerprint density at radius 3 is 2.78 bits per heavy atom. The molecule has 4 rings (SSSR count). The lowest BCUT2D eigenvalue weighted by molar-refractivity contribution is 0.243. The summed E-state index contributed by atoms with van der Waals surface area (Å²) < 4.78 is 34.4. The van der Waals surface area contributed by atoms with Crippen LogP contribution in [0.4, 0.5) is 14.7 Å². The Hall–Kier alpha value is -2.81. The van der Waals surface area contributed by atoms with Crippen molar-refractivity contribution in [2.24, 2.45) is 5.73 Å². The number of nitrogens with two attached hydrogens (primary N) is 1. The number of benzene rings is 1. The third kappa shape index (κ3) is 3.42. The van der Waals surface area contributed by atoms with Gasteiger partial charge < -0.3 is 19.9 Å². The molecule has 0 spiro atoms. The Morgan fingerprint density at radius 1 is 1.30 bits per heavy atom. The Labute approximate surface area is 154 Å². The topological polar surface area (TPSA) is 82.1 Å². The van der Waals surface area contributed by atoms with Crippen molar-refractivity contribution in [2.45, 2.75) is 25.2 Å². The van der Waals surface area contributed by atoms with Crippen molar-refractivity contribution in [1.29, 1.82) is 0 Å². The summed E-state index contributed by atoms with van der Waals surface area (Å²) in [6.07, 6.45) is 2.48. The molecule has 3 heterocycles. The lowest BCUT2D eigenvalue weighted by Crippen LogP contribution is -2.50. The lowest BCUT2D eigenvalue weighted by atomic mass is 10.1. The maximum atomic E-state index is 13.8. The van der Waals surface area contributed by atoms with Crippen molar-refractivity contribution in [3.8, 4) is 5.75 Å². The molecule has 7 nitrogen and oxygen atoms in total. The molecule has 1 saturated heterocycles. The van der Waals surface area contributed by atoms with Gasteiger partial charge in [-0.05, 0) is 18.6 Å². The molecule has 1 aliphatic heterocycles. The molecule has 1 aromatic carbocycles. The van der Waals surface area contributed by atoms with Gasteiger partial charge in [0.1, 0.15) is 17.8 Å². The Balaban J connectivity index is 1.74. The second kappa shape index (κ2) is 7.07. The molecule has 1 aliphatic rings. The van der Waals surface area contributed by atoms with Gasteiger partial charge >= 0.3 is 0 Å². The summed E-state index contributed by atoms with van der Waals surface area (Å²) in [5.74, 6) is 1.37. The van der Waals surface area contributed by atoms with E-state index in [1.807, 2.05) is 9.47 Å². The third-order valence-electron chi connectivity index (χ3n) is 4.76. The number of hydrogen-bond acceptors (Lipinski definition) is 6. The van der Waals surface area contributed by atoms with E-state index < -0.39 is 12.2 Å². The zero-order chi connectivity index (χ0) is 19.0. The van der Waals surface area contributed by atoms with Crippen molar-refractivity contribution < 1.29 is 13.5 Å². The Kier molecular flexibility index (Phi) is 4.61. The smallest absolute Gasteiger partial charge is 0.207 e. The highest BCUT2D eigenvalue weighted by atomic mass is 19.1. The lowest BCUT2D eigenvalue weighted by Gasteiger charge is -2.34. The number of anilines is 1. The molecule has 2 N–H and O–H groups in total. The number of fused-ring (bicyclic) bond motifs is 1. The molecule has 3 aromatic rings. The van der Waals surface area contributed by atoms with Gasteiger partial charge in [-0.15, -0.1) is 0 Å². The fraction of sp³-hybridized carbons (Fsp3) is 0.389. The quantitative estimate of drug-likeness (QED) is 0.751. The molecule has 0 bridgehead atoms. The number of piperidine rings is 1. The van der Waals surface area contributed by atoms with Crippen molar-refractivity contribution in [1.82, 2.24) is 19.5 Å². The summed E-state index contributed by atoms with van der Waals surface area (Å²) in [6.45, 7) is 1.17. The van der Waals surface area contributed by atoms with Gasteiger partial charge in [-0.3, -0.25) is 0 Å². The molecular weight excluding hydrogens is 354 g/mol. The largest absolute Gasteiger partial charge is 0.494 e. The first-order valence-corrected chi connectivity index (χ1v) is 8.70. The fourth-order valence-corrected chi connectivity index (χ4v) is 3.29. The number of alkyl halides is 1. The van der Waals surface area contributed by atoms with Crippen LogP contribution in [-0.2, 0) is 6.54 Å². The van der Waals surface area contributed by atoms with Gasteiger partial charge in [0, 0.05) is 19.2 Å². The molecular formula is C18H20F2N6O. The first-order valence-electron chi connectivity index (χ1n) is 8.70. The minimum absolute atomic E-state index is 0.331. The van der Waals surface area contributed by atoms with E-state index in [-0.39, 0.29) is 5.82 Å². The number of ether oxygens (including phenoxy) is 1. The van der Waals surface area contributed by atoms with E-state index in [0.717, 1.165) is 5.52 Å². The van der Waals surface area contributed by atoms with Gasteiger partial charge in [-0.2, -0.15) is 0 Å². The van der Waals surface area contributed by atoms with Crippen LogP contribution in [-0.4, -0.2) is 51.9 Å². The van der Waals surface area contributed by atoms with E-state index in [1.165, 1.54) is 12.1 Å². The van der Waals surface area contributed by atoms with Crippen molar-refractivity contribution in [3.63, 3.8) is 0 Å². The van der Waals surface area contributed by atoms with Gasteiger partial charge in [-0.1, -0.05) is 0 Å². The molecule has 27 heavy (non-hydrogen) atoms. The van der Waals surface area contributed by atoms with E-state index in [4.69, 9.17) is 10.5 Å². The highest BCUT2D eigenvalue weighted by molar-refractivity contribution is 5.79. The third-order valence-corrected chi connectivity index (χ3v) is 4.76. The van der Waals surface area contributed by atoms with E-state index in [2.05, 4.69) is 15.0 Å². The van der Waals surface area contributed by atoms with Crippen molar-refractivity contribution in [2.75, 3.05) is 25.1 Å². The maximum absolute atomic E-state index is 13.8. The number of imidazole rings is 1. The predicted octanol–water partition coefficient (Wildman–Crippen LogP) is 1.90. The van der Waals surface area contributed by atoms with Crippen molar-refractivity contribution in [3.05, 3.63) is 42.2 Å². The highest BCUT2D eigenvalue weighted by Gasteiger charge is 2.29. The minimum atomic E-state index is -1.03. The molecule has 142 valence electrons. The van der Waals surface area contributed by atoms with Gasteiger partial charge in [0.2, 0.25) is 5.95 Å². The molecule has 0 aliphatic carbocycles. The zero-order valence-corrected chi connectivity index (χ0v) is 14.8. The molecule has 0 saturated carbocycles. The van der Waals surface area contributed by atoms with E-state index in [1.54, 1.807) is 25.6 Å². The number of methoxy groups -OCH3 is 1. The Bertz CT molecular complexity index is 945. The molecule has 2 aromatic heterocycles. The average molecular weight is 374 g/mol. The molecule has 0 amide bonds. The monoisotopic (exact) mass is 374 g/mol. The van der Waals surface area contributed by atoms with E-state index >= 15 is 0 Å². The standard InChI is InChI=1S/C18H20F2N6O/c1-27-12-7-22-17(23-8-12)10-26-16-3-2-11(19)6-15(16)24-18(26)25-5-4-13(20)14(21)9-25/h2-3,6-8,13-14H,4-5,9-10,21H2,1H3/t13?,14-/m1/s1. The molecule has 2 atom stereocenters. The minimum Gasteiger partial charge on any atom is -0.494 e. The molecule has 0 radical (unpaired) electrons. The second-order valence-corrected chi connectivity index (χ2v) is 6.58. The summed E-state index contributed by atoms with van der Waals surface area (Å²) in [6, 6.07) is 3.86. The number of aromatic nitrogens is 4. The SMILES string of the molecule is COc1cnc(Cn2c(N3CCC(F)[C@H](N)C3)nc3cc(F)ccc32)nc1. The van der Waals surface area contributed by atoms with E-state index in [0.29, 0.717) is 49.1 Å². The van der Waals surface area contributed by atoms with Crippen LogP contribution in [0.5, 0.6) is 5.75 Å². The number of hydrogen-bond donors (Lipinski definition) is 1. The zero-order valence-electron chi connectivity index (χ0n) is 14.8. The summed E-state index contributed by atoms with van der Waals surface area (Å²) in [5.41, 5.74) is 7.18. The van der Waals surface area contributed by atoms with Gasteiger partial charge in [0.15, 0.2) is 5.75 Å². The van der Waals surface area contributed by atoms with Crippen LogP contribution in [0.2, 0.25) is 0 Å². The van der Waals surface area contributed by atoms with Crippen LogP contribution in [0.1, 0.15) is 12.2 Å². The normalized spacial score (nSPS) is 20.2. The predicted molar refractivity (Wildman–Crippen MR) is 97.1 cm³/mol.